The van der Waals surface area contributed by atoms with Crippen molar-refractivity contribution in [2.75, 3.05) is 37.4 Å². The van der Waals surface area contributed by atoms with Gasteiger partial charge < -0.3 is 10.2 Å². The smallest absolute Gasteiger partial charge is 0.226 e. The van der Waals surface area contributed by atoms with E-state index in [1.54, 1.807) is 0 Å². The predicted molar refractivity (Wildman–Crippen MR) is 73.0 cm³/mol. The van der Waals surface area contributed by atoms with E-state index in [1.807, 2.05) is 31.3 Å². The zero-order chi connectivity index (χ0) is 12.5. The first kappa shape index (κ1) is 11.7. The lowest BCUT2D eigenvalue weighted by atomic mass is 10.2. The van der Waals surface area contributed by atoms with Crippen molar-refractivity contribution in [3.8, 4) is 0 Å². The molecule has 18 heavy (non-hydrogen) atoms. The minimum Gasteiger partial charge on any atom is -0.366 e. The number of nitrogens with zero attached hydrogens (tertiary/aromatic N) is 4. The molecule has 1 saturated carbocycles. The topological polar surface area (TPSA) is 44.3 Å². The second-order valence-electron chi connectivity index (χ2n) is 5.49. The molecule has 1 aliphatic carbocycles. The summed E-state index contributed by atoms with van der Waals surface area (Å²) in [5.74, 6) is 1.70. The predicted octanol–water partition coefficient (Wildman–Crippen LogP) is 1.19. The number of hydrogen-bond acceptors (Lipinski definition) is 5. The summed E-state index contributed by atoms with van der Waals surface area (Å²) >= 11 is 0. The molecule has 1 N–H and O–H groups in total. The van der Waals surface area contributed by atoms with Gasteiger partial charge in [0.1, 0.15) is 5.82 Å². The molecular weight excluding hydrogens is 226 g/mol. The van der Waals surface area contributed by atoms with Crippen LogP contribution in [0, 0.1) is 0 Å². The Balaban J connectivity index is 1.60. The van der Waals surface area contributed by atoms with Crippen LogP contribution in [0.4, 0.5) is 11.8 Å². The van der Waals surface area contributed by atoms with E-state index in [4.69, 9.17) is 0 Å². The Labute approximate surface area is 108 Å². The standard InChI is InChI=1S/C13H21N5/c1-17(2)13-14-7-5-12(16-13)15-10-6-8-18(9-10)11-3-4-11/h5,7,10-11H,3-4,6,8-9H2,1-2H3,(H,14,15,16). The van der Waals surface area contributed by atoms with E-state index >= 15 is 0 Å². The molecule has 1 saturated heterocycles. The molecule has 0 radical (unpaired) electrons. The molecule has 0 bridgehead atoms. The molecule has 1 atom stereocenters. The highest BCUT2D eigenvalue weighted by Gasteiger charge is 2.34. The first-order chi connectivity index (χ1) is 8.72. The van der Waals surface area contributed by atoms with Crippen LogP contribution in [-0.4, -0.2) is 54.1 Å². The lowest BCUT2D eigenvalue weighted by molar-refractivity contribution is 0.326. The van der Waals surface area contributed by atoms with E-state index in [0.29, 0.717) is 6.04 Å². The molecule has 2 heterocycles. The number of nitrogens with one attached hydrogen (secondary N) is 1. The van der Waals surface area contributed by atoms with Gasteiger partial charge >= 0.3 is 0 Å². The summed E-state index contributed by atoms with van der Waals surface area (Å²) in [7, 11) is 3.92. The van der Waals surface area contributed by atoms with Gasteiger partial charge in [0.2, 0.25) is 5.95 Å². The molecule has 1 aromatic rings. The van der Waals surface area contributed by atoms with Gasteiger partial charge in [-0.25, -0.2) is 4.98 Å². The number of anilines is 2. The molecule has 98 valence electrons. The average Bonchev–Trinajstić information content (AvgIpc) is 3.11. The number of likely N-dealkylation sites (tertiary alicyclic amines) is 1. The highest BCUT2D eigenvalue weighted by Crippen LogP contribution is 2.30. The fraction of sp³-hybridized carbons (Fsp3) is 0.692. The molecule has 5 nitrogen and oxygen atoms in total. The minimum absolute atomic E-state index is 0.538. The van der Waals surface area contributed by atoms with Crippen molar-refractivity contribution in [2.24, 2.45) is 0 Å². The maximum atomic E-state index is 4.51. The maximum Gasteiger partial charge on any atom is 0.226 e. The Kier molecular flexibility index (Phi) is 3.07. The Hall–Kier alpha value is -1.36. The second-order valence-corrected chi connectivity index (χ2v) is 5.49. The molecule has 2 fully saturated rings. The highest BCUT2D eigenvalue weighted by atomic mass is 15.3. The first-order valence-electron chi connectivity index (χ1n) is 6.73. The van der Waals surface area contributed by atoms with Gasteiger partial charge in [-0.05, 0) is 25.3 Å². The molecule has 3 rings (SSSR count). The van der Waals surface area contributed by atoms with Gasteiger partial charge in [-0.1, -0.05) is 0 Å². The molecular formula is C13H21N5. The quantitative estimate of drug-likeness (QED) is 0.866. The van der Waals surface area contributed by atoms with Crippen LogP contribution in [0.1, 0.15) is 19.3 Å². The van der Waals surface area contributed by atoms with Crippen LogP contribution in [0.5, 0.6) is 0 Å². The van der Waals surface area contributed by atoms with Gasteiger partial charge in [-0.3, -0.25) is 4.90 Å². The summed E-state index contributed by atoms with van der Waals surface area (Å²) in [6.45, 7) is 2.39. The van der Waals surface area contributed by atoms with E-state index < -0.39 is 0 Å². The zero-order valence-corrected chi connectivity index (χ0v) is 11.1. The van der Waals surface area contributed by atoms with E-state index in [1.165, 1.54) is 25.8 Å². The third kappa shape index (κ3) is 2.56. The largest absolute Gasteiger partial charge is 0.366 e. The molecule has 0 amide bonds. The summed E-state index contributed by atoms with van der Waals surface area (Å²) in [4.78, 5) is 13.3. The van der Waals surface area contributed by atoms with Gasteiger partial charge in [0, 0.05) is 45.5 Å². The van der Waals surface area contributed by atoms with Crippen molar-refractivity contribution in [1.29, 1.82) is 0 Å². The lowest BCUT2D eigenvalue weighted by Crippen LogP contribution is -2.28. The Morgan fingerprint density at radius 1 is 1.33 bits per heavy atom. The second kappa shape index (κ2) is 4.72. The third-order valence-corrected chi connectivity index (χ3v) is 3.68. The third-order valence-electron chi connectivity index (χ3n) is 3.68. The average molecular weight is 247 g/mol. The summed E-state index contributed by atoms with van der Waals surface area (Å²) in [5, 5.41) is 3.53. The molecule has 2 aliphatic rings. The molecule has 1 aliphatic heterocycles. The van der Waals surface area contributed by atoms with Crippen molar-refractivity contribution in [3.63, 3.8) is 0 Å². The normalized spacial score (nSPS) is 24.2. The SMILES string of the molecule is CN(C)c1nccc(NC2CCN(C3CC3)C2)n1. The number of aromatic nitrogens is 2. The van der Waals surface area contributed by atoms with Crippen LogP contribution in [0.2, 0.25) is 0 Å². The van der Waals surface area contributed by atoms with Crippen molar-refractivity contribution in [2.45, 2.75) is 31.3 Å². The van der Waals surface area contributed by atoms with E-state index in [2.05, 4.69) is 20.2 Å². The first-order valence-corrected chi connectivity index (χ1v) is 6.73. The number of rotatable bonds is 4. The van der Waals surface area contributed by atoms with Gasteiger partial charge in [0.15, 0.2) is 0 Å². The minimum atomic E-state index is 0.538. The summed E-state index contributed by atoms with van der Waals surface area (Å²) < 4.78 is 0. The Morgan fingerprint density at radius 2 is 2.17 bits per heavy atom. The van der Waals surface area contributed by atoms with E-state index in [0.717, 1.165) is 24.4 Å². The Morgan fingerprint density at radius 3 is 2.89 bits per heavy atom. The Bertz CT molecular complexity index is 416. The summed E-state index contributed by atoms with van der Waals surface area (Å²) in [5.41, 5.74) is 0. The fourth-order valence-electron chi connectivity index (χ4n) is 2.53. The number of hydrogen-bond donors (Lipinski definition) is 1. The van der Waals surface area contributed by atoms with Crippen molar-refractivity contribution in [1.82, 2.24) is 14.9 Å². The zero-order valence-electron chi connectivity index (χ0n) is 11.1. The van der Waals surface area contributed by atoms with Crippen LogP contribution in [0.25, 0.3) is 0 Å². The van der Waals surface area contributed by atoms with E-state index in [9.17, 15) is 0 Å². The van der Waals surface area contributed by atoms with Crippen LogP contribution < -0.4 is 10.2 Å². The maximum absolute atomic E-state index is 4.51. The monoisotopic (exact) mass is 247 g/mol. The van der Waals surface area contributed by atoms with Crippen molar-refractivity contribution < 1.29 is 0 Å². The summed E-state index contributed by atoms with van der Waals surface area (Å²) in [6, 6.07) is 3.36. The van der Waals surface area contributed by atoms with Gasteiger partial charge in [0.05, 0.1) is 0 Å². The molecule has 0 aromatic carbocycles. The van der Waals surface area contributed by atoms with Gasteiger partial charge in [-0.2, -0.15) is 4.98 Å². The molecule has 1 unspecified atom stereocenters. The molecule has 1 aromatic heterocycles. The van der Waals surface area contributed by atoms with Crippen LogP contribution in [0.3, 0.4) is 0 Å². The highest BCUT2D eigenvalue weighted by molar-refractivity contribution is 5.41. The van der Waals surface area contributed by atoms with Crippen LogP contribution in [-0.2, 0) is 0 Å². The molecule has 0 spiro atoms. The van der Waals surface area contributed by atoms with Gasteiger partial charge in [0.25, 0.3) is 0 Å². The summed E-state index contributed by atoms with van der Waals surface area (Å²) in [6.07, 6.45) is 5.83. The van der Waals surface area contributed by atoms with Crippen LogP contribution in [0.15, 0.2) is 12.3 Å². The van der Waals surface area contributed by atoms with Gasteiger partial charge in [-0.15, -0.1) is 0 Å². The lowest BCUT2D eigenvalue weighted by Gasteiger charge is -2.17. The van der Waals surface area contributed by atoms with Crippen molar-refractivity contribution in [3.05, 3.63) is 12.3 Å². The molecule has 5 heteroatoms. The van der Waals surface area contributed by atoms with E-state index in [-0.39, 0.29) is 0 Å². The fourth-order valence-corrected chi connectivity index (χ4v) is 2.53. The van der Waals surface area contributed by atoms with Crippen LogP contribution >= 0.6 is 0 Å². The van der Waals surface area contributed by atoms with Crippen molar-refractivity contribution >= 4 is 11.8 Å².